The molecule has 3 heterocycles. The van der Waals surface area contributed by atoms with E-state index in [4.69, 9.17) is 9.47 Å². The zero-order valence-corrected chi connectivity index (χ0v) is 17.4. The van der Waals surface area contributed by atoms with Crippen LogP contribution in [0.5, 0.6) is 0 Å². The first-order valence-corrected chi connectivity index (χ1v) is 11.7. The number of ether oxygens (including phenoxy) is 2. The highest BCUT2D eigenvalue weighted by atomic mass is 32.1. The molecule has 1 aromatic heterocycles. The van der Waals surface area contributed by atoms with Gasteiger partial charge < -0.3 is 20.1 Å². The molecule has 2 aliphatic heterocycles. The fourth-order valence-electron chi connectivity index (χ4n) is 4.93. The fraction of sp³-hybridized carbons (Fsp3) is 0.762. The molecule has 7 heteroatoms. The molecule has 1 aromatic rings. The van der Waals surface area contributed by atoms with Crippen LogP contribution in [-0.2, 0) is 9.47 Å². The first-order valence-electron chi connectivity index (χ1n) is 10.8. The Labute approximate surface area is 172 Å². The standard InChI is InChI=1S/C21H33N3O3S/c25-21(23-20(16-4-1-2-5-16)19-6-3-13-28-19)22-14-18(17-7-10-27-15-17)24-8-11-26-12-9-24/h3,6,13,16-18,20H,1-2,4-5,7-12,14-15H2,(H2,22,23,25). The number of hydrogen-bond acceptors (Lipinski definition) is 5. The Kier molecular flexibility index (Phi) is 7.23. The van der Waals surface area contributed by atoms with Crippen molar-refractivity contribution in [2.75, 3.05) is 46.1 Å². The van der Waals surface area contributed by atoms with E-state index in [1.165, 1.54) is 30.6 Å². The number of nitrogens with one attached hydrogen (secondary N) is 2. The summed E-state index contributed by atoms with van der Waals surface area (Å²) < 4.78 is 11.1. The van der Waals surface area contributed by atoms with E-state index in [0.29, 0.717) is 24.4 Å². The van der Waals surface area contributed by atoms with Crippen molar-refractivity contribution in [3.63, 3.8) is 0 Å². The Bertz CT molecular complexity index is 594. The number of urea groups is 1. The number of rotatable bonds is 7. The number of carbonyl (C=O) groups is 1. The van der Waals surface area contributed by atoms with Crippen molar-refractivity contribution in [2.24, 2.45) is 11.8 Å². The number of carbonyl (C=O) groups excluding carboxylic acids is 1. The lowest BCUT2D eigenvalue weighted by Gasteiger charge is -2.37. The highest BCUT2D eigenvalue weighted by Gasteiger charge is 2.33. The van der Waals surface area contributed by atoms with Crippen molar-refractivity contribution in [3.8, 4) is 0 Å². The summed E-state index contributed by atoms with van der Waals surface area (Å²) >= 11 is 1.75. The van der Waals surface area contributed by atoms with Gasteiger partial charge in [-0.25, -0.2) is 4.79 Å². The van der Waals surface area contributed by atoms with Crippen molar-refractivity contribution >= 4 is 17.4 Å². The van der Waals surface area contributed by atoms with Gasteiger partial charge in [0.05, 0.1) is 25.9 Å². The molecule has 4 rings (SSSR count). The van der Waals surface area contributed by atoms with Crippen LogP contribution in [0.25, 0.3) is 0 Å². The Morgan fingerprint density at radius 2 is 1.96 bits per heavy atom. The third-order valence-corrected chi connectivity index (χ3v) is 7.46. The van der Waals surface area contributed by atoms with Crippen molar-refractivity contribution < 1.29 is 14.3 Å². The molecular weight excluding hydrogens is 374 g/mol. The molecule has 3 atom stereocenters. The van der Waals surface area contributed by atoms with E-state index in [9.17, 15) is 4.79 Å². The molecule has 0 radical (unpaired) electrons. The van der Waals surface area contributed by atoms with Crippen LogP contribution < -0.4 is 10.6 Å². The van der Waals surface area contributed by atoms with Crippen LogP contribution in [0.1, 0.15) is 43.0 Å². The molecule has 0 aromatic carbocycles. The molecule has 1 saturated carbocycles. The average Bonchev–Trinajstić information content (AvgIpc) is 3.51. The lowest BCUT2D eigenvalue weighted by atomic mass is 9.96. The van der Waals surface area contributed by atoms with Gasteiger partial charge in [-0.2, -0.15) is 0 Å². The summed E-state index contributed by atoms with van der Waals surface area (Å²) in [5, 5.41) is 8.59. The second-order valence-corrected chi connectivity index (χ2v) is 9.21. The number of amides is 2. The SMILES string of the molecule is O=C(NCC(C1CCOC1)N1CCOCC1)NC(c1cccs1)C1CCCC1. The normalized spacial score (nSPS) is 26.2. The molecular formula is C21H33N3O3S. The Hall–Kier alpha value is -1.15. The van der Waals surface area contributed by atoms with E-state index in [2.05, 4.69) is 33.0 Å². The van der Waals surface area contributed by atoms with Gasteiger partial charge in [-0.1, -0.05) is 18.9 Å². The third kappa shape index (κ3) is 5.06. The summed E-state index contributed by atoms with van der Waals surface area (Å²) in [6, 6.07) is 4.65. The van der Waals surface area contributed by atoms with Gasteiger partial charge in [0.1, 0.15) is 0 Å². The van der Waals surface area contributed by atoms with E-state index in [-0.39, 0.29) is 12.1 Å². The molecule has 0 spiro atoms. The highest BCUT2D eigenvalue weighted by Crippen LogP contribution is 2.37. The van der Waals surface area contributed by atoms with Crippen molar-refractivity contribution in [1.29, 1.82) is 0 Å². The molecule has 3 fully saturated rings. The predicted molar refractivity (Wildman–Crippen MR) is 111 cm³/mol. The highest BCUT2D eigenvalue weighted by molar-refractivity contribution is 7.10. The minimum atomic E-state index is -0.0394. The summed E-state index contributed by atoms with van der Waals surface area (Å²) in [7, 11) is 0. The van der Waals surface area contributed by atoms with Gasteiger partial charge in [0.15, 0.2) is 0 Å². The Morgan fingerprint density at radius 3 is 2.64 bits per heavy atom. The Balaban J connectivity index is 1.35. The smallest absolute Gasteiger partial charge is 0.315 e. The zero-order valence-electron chi connectivity index (χ0n) is 16.6. The molecule has 28 heavy (non-hydrogen) atoms. The van der Waals surface area contributed by atoms with Crippen LogP contribution in [0.15, 0.2) is 17.5 Å². The lowest BCUT2D eigenvalue weighted by Crippen LogP contribution is -2.53. The van der Waals surface area contributed by atoms with Crippen molar-refractivity contribution in [2.45, 2.75) is 44.2 Å². The largest absolute Gasteiger partial charge is 0.381 e. The maximum atomic E-state index is 12.8. The Morgan fingerprint density at radius 1 is 1.14 bits per heavy atom. The zero-order chi connectivity index (χ0) is 19.2. The second kappa shape index (κ2) is 10.1. The van der Waals surface area contributed by atoms with Crippen molar-refractivity contribution in [1.82, 2.24) is 15.5 Å². The van der Waals surface area contributed by atoms with E-state index >= 15 is 0 Å². The van der Waals surface area contributed by atoms with E-state index in [0.717, 1.165) is 45.9 Å². The molecule has 2 saturated heterocycles. The minimum absolute atomic E-state index is 0.0394. The quantitative estimate of drug-likeness (QED) is 0.729. The maximum Gasteiger partial charge on any atom is 0.315 e. The van der Waals surface area contributed by atoms with E-state index in [1.807, 2.05) is 0 Å². The molecule has 3 aliphatic rings. The maximum absolute atomic E-state index is 12.8. The van der Waals surface area contributed by atoms with E-state index in [1.54, 1.807) is 11.3 Å². The predicted octanol–water partition coefficient (Wildman–Crippen LogP) is 3.02. The van der Waals surface area contributed by atoms with Gasteiger partial charge in [0.25, 0.3) is 0 Å². The number of hydrogen-bond donors (Lipinski definition) is 2. The molecule has 6 nitrogen and oxygen atoms in total. The number of thiophene rings is 1. The lowest BCUT2D eigenvalue weighted by molar-refractivity contribution is 0.00209. The summed E-state index contributed by atoms with van der Waals surface area (Å²) in [6.07, 6.45) is 6.04. The van der Waals surface area contributed by atoms with Crippen LogP contribution in [0.2, 0.25) is 0 Å². The van der Waals surface area contributed by atoms with Gasteiger partial charge in [0.2, 0.25) is 0 Å². The summed E-state index contributed by atoms with van der Waals surface area (Å²) in [5.74, 6) is 1.05. The van der Waals surface area contributed by atoms with Gasteiger partial charge in [-0.3, -0.25) is 4.90 Å². The van der Waals surface area contributed by atoms with Gasteiger partial charge >= 0.3 is 6.03 Å². The van der Waals surface area contributed by atoms with Crippen LogP contribution in [0.4, 0.5) is 4.79 Å². The second-order valence-electron chi connectivity index (χ2n) is 8.23. The molecule has 156 valence electrons. The molecule has 1 aliphatic carbocycles. The topological polar surface area (TPSA) is 62.8 Å². The van der Waals surface area contributed by atoms with Crippen LogP contribution >= 0.6 is 11.3 Å². The minimum Gasteiger partial charge on any atom is -0.381 e. The van der Waals surface area contributed by atoms with Crippen molar-refractivity contribution in [3.05, 3.63) is 22.4 Å². The van der Waals surface area contributed by atoms with Gasteiger partial charge in [-0.05, 0) is 36.6 Å². The van der Waals surface area contributed by atoms with E-state index < -0.39 is 0 Å². The molecule has 2 amide bonds. The third-order valence-electron chi connectivity index (χ3n) is 6.50. The number of nitrogens with zero attached hydrogens (tertiary/aromatic N) is 1. The monoisotopic (exact) mass is 407 g/mol. The first kappa shape index (κ1) is 20.1. The number of morpholine rings is 1. The summed E-state index contributed by atoms with van der Waals surface area (Å²) in [5.41, 5.74) is 0. The summed E-state index contributed by atoms with van der Waals surface area (Å²) in [4.78, 5) is 16.6. The van der Waals surface area contributed by atoms with Gasteiger partial charge in [-0.15, -0.1) is 11.3 Å². The van der Waals surface area contributed by atoms with Crippen LogP contribution in [-0.4, -0.2) is 63.0 Å². The van der Waals surface area contributed by atoms with Crippen LogP contribution in [0.3, 0.4) is 0 Å². The van der Waals surface area contributed by atoms with Crippen LogP contribution in [0, 0.1) is 11.8 Å². The van der Waals surface area contributed by atoms with Gasteiger partial charge in [0, 0.05) is 43.1 Å². The molecule has 3 unspecified atom stereocenters. The fourth-order valence-corrected chi connectivity index (χ4v) is 5.80. The average molecular weight is 408 g/mol. The molecule has 2 N–H and O–H groups in total. The molecule has 0 bridgehead atoms. The first-order chi connectivity index (χ1) is 13.8. The summed E-state index contributed by atoms with van der Waals surface area (Å²) in [6.45, 7) is 5.72.